The molecule has 0 aliphatic carbocycles. The Balaban J connectivity index is 2.48. The molecule has 3 heteroatoms. The second-order valence-corrected chi connectivity index (χ2v) is 6.64. The van der Waals surface area contributed by atoms with Crippen LogP contribution in [0.5, 0.6) is 0 Å². The molecule has 0 aromatic carbocycles. The van der Waals surface area contributed by atoms with E-state index >= 15 is 0 Å². The second kappa shape index (κ2) is 5.37. The monoisotopic (exact) mass is 287 g/mol. The molecule has 0 aliphatic heterocycles. The lowest BCUT2D eigenvalue weighted by atomic mass is 9.83. The SMILES string of the molecule is CC(CC(N)c1ccc(Br)o1)CC(C)(C)C. The van der Waals surface area contributed by atoms with Gasteiger partial charge in [-0.2, -0.15) is 0 Å². The van der Waals surface area contributed by atoms with Crippen molar-refractivity contribution in [3.8, 4) is 0 Å². The van der Waals surface area contributed by atoms with Crippen LogP contribution in [0.1, 0.15) is 52.3 Å². The lowest BCUT2D eigenvalue weighted by molar-refractivity contribution is 0.278. The van der Waals surface area contributed by atoms with Gasteiger partial charge in [0.25, 0.3) is 0 Å². The van der Waals surface area contributed by atoms with E-state index < -0.39 is 0 Å². The highest BCUT2D eigenvalue weighted by Crippen LogP contribution is 2.30. The molecule has 0 bridgehead atoms. The molecule has 92 valence electrons. The zero-order valence-corrected chi connectivity index (χ0v) is 12.2. The third-order valence-corrected chi connectivity index (χ3v) is 3.00. The van der Waals surface area contributed by atoms with Crippen LogP contribution in [0.3, 0.4) is 0 Å². The van der Waals surface area contributed by atoms with Gasteiger partial charge in [-0.05, 0) is 52.2 Å². The molecule has 0 saturated carbocycles. The first-order chi connectivity index (χ1) is 7.28. The summed E-state index contributed by atoms with van der Waals surface area (Å²) in [6.45, 7) is 9.04. The average Bonchev–Trinajstić information content (AvgIpc) is 2.47. The van der Waals surface area contributed by atoms with Crippen LogP contribution >= 0.6 is 15.9 Å². The third kappa shape index (κ3) is 4.71. The van der Waals surface area contributed by atoms with Crippen LogP contribution in [0.15, 0.2) is 21.2 Å². The molecule has 1 heterocycles. The van der Waals surface area contributed by atoms with Crippen LogP contribution in [0.25, 0.3) is 0 Å². The van der Waals surface area contributed by atoms with Crippen molar-refractivity contribution in [1.29, 1.82) is 0 Å². The van der Waals surface area contributed by atoms with E-state index in [1.54, 1.807) is 0 Å². The third-order valence-electron chi connectivity index (χ3n) is 2.58. The van der Waals surface area contributed by atoms with Crippen LogP contribution in [0.2, 0.25) is 0 Å². The molecule has 0 aliphatic rings. The van der Waals surface area contributed by atoms with E-state index in [1.165, 1.54) is 6.42 Å². The maximum atomic E-state index is 6.11. The van der Waals surface area contributed by atoms with Crippen molar-refractivity contribution in [3.63, 3.8) is 0 Å². The summed E-state index contributed by atoms with van der Waals surface area (Å²) in [6, 6.07) is 3.84. The van der Waals surface area contributed by atoms with Gasteiger partial charge >= 0.3 is 0 Å². The fourth-order valence-corrected chi connectivity index (χ4v) is 2.53. The average molecular weight is 288 g/mol. The van der Waals surface area contributed by atoms with Crippen molar-refractivity contribution in [2.75, 3.05) is 0 Å². The Morgan fingerprint density at radius 3 is 2.44 bits per heavy atom. The molecule has 0 spiro atoms. The number of furan rings is 1. The Kier molecular flexibility index (Phi) is 4.62. The minimum Gasteiger partial charge on any atom is -0.453 e. The first-order valence-electron chi connectivity index (χ1n) is 5.79. The van der Waals surface area contributed by atoms with Crippen molar-refractivity contribution in [2.24, 2.45) is 17.1 Å². The fourth-order valence-electron chi connectivity index (χ4n) is 2.21. The van der Waals surface area contributed by atoms with E-state index in [4.69, 9.17) is 10.2 Å². The van der Waals surface area contributed by atoms with Crippen molar-refractivity contribution >= 4 is 15.9 Å². The van der Waals surface area contributed by atoms with E-state index in [0.29, 0.717) is 11.3 Å². The van der Waals surface area contributed by atoms with E-state index in [2.05, 4.69) is 43.6 Å². The molecule has 0 amide bonds. The molecule has 1 aromatic rings. The fraction of sp³-hybridized carbons (Fsp3) is 0.692. The van der Waals surface area contributed by atoms with Crippen molar-refractivity contribution in [2.45, 2.75) is 46.6 Å². The summed E-state index contributed by atoms with van der Waals surface area (Å²) in [4.78, 5) is 0. The smallest absolute Gasteiger partial charge is 0.169 e. The molecular formula is C13H22BrNO. The Hall–Kier alpha value is -0.280. The van der Waals surface area contributed by atoms with Crippen molar-refractivity contribution in [3.05, 3.63) is 22.6 Å². The highest BCUT2D eigenvalue weighted by molar-refractivity contribution is 9.10. The van der Waals surface area contributed by atoms with Crippen LogP contribution in [-0.2, 0) is 0 Å². The summed E-state index contributed by atoms with van der Waals surface area (Å²) in [6.07, 6.45) is 2.15. The number of rotatable bonds is 4. The molecular weight excluding hydrogens is 266 g/mol. The van der Waals surface area contributed by atoms with Gasteiger partial charge in [-0.1, -0.05) is 27.7 Å². The molecule has 16 heavy (non-hydrogen) atoms. The van der Waals surface area contributed by atoms with Gasteiger partial charge in [-0.25, -0.2) is 0 Å². The first kappa shape index (κ1) is 13.8. The number of nitrogens with two attached hydrogens (primary N) is 1. The van der Waals surface area contributed by atoms with Gasteiger partial charge in [0.1, 0.15) is 5.76 Å². The Morgan fingerprint density at radius 2 is 2.00 bits per heavy atom. The first-order valence-corrected chi connectivity index (χ1v) is 6.58. The Labute approximate surface area is 107 Å². The summed E-state index contributed by atoms with van der Waals surface area (Å²) < 4.78 is 6.22. The molecule has 0 fully saturated rings. The molecule has 2 atom stereocenters. The van der Waals surface area contributed by atoms with Gasteiger partial charge in [0, 0.05) is 0 Å². The zero-order chi connectivity index (χ0) is 12.3. The van der Waals surface area contributed by atoms with Gasteiger partial charge in [0.15, 0.2) is 4.67 Å². The van der Waals surface area contributed by atoms with Gasteiger partial charge in [-0.15, -0.1) is 0 Å². The number of halogens is 1. The standard InChI is InChI=1S/C13H22BrNO/c1-9(8-13(2,3)4)7-10(15)11-5-6-12(14)16-11/h5-6,9-10H,7-8,15H2,1-4H3. The predicted molar refractivity (Wildman–Crippen MR) is 71.2 cm³/mol. The maximum Gasteiger partial charge on any atom is 0.169 e. The molecule has 2 nitrogen and oxygen atoms in total. The quantitative estimate of drug-likeness (QED) is 0.885. The summed E-state index contributed by atoms with van der Waals surface area (Å²) in [5.41, 5.74) is 6.48. The predicted octanol–water partition coefficient (Wildman–Crippen LogP) is 4.50. The lowest BCUT2D eigenvalue weighted by Crippen LogP contribution is -2.17. The summed E-state index contributed by atoms with van der Waals surface area (Å²) in [7, 11) is 0. The summed E-state index contributed by atoms with van der Waals surface area (Å²) in [5.74, 6) is 1.48. The largest absolute Gasteiger partial charge is 0.453 e. The molecule has 1 aromatic heterocycles. The number of hydrogen-bond acceptors (Lipinski definition) is 2. The lowest BCUT2D eigenvalue weighted by Gasteiger charge is -2.24. The van der Waals surface area contributed by atoms with E-state index in [-0.39, 0.29) is 6.04 Å². The normalized spacial score (nSPS) is 16.1. The van der Waals surface area contributed by atoms with Gasteiger partial charge in [0.2, 0.25) is 0 Å². The molecule has 0 radical (unpaired) electrons. The molecule has 2 N–H and O–H groups in total. The van der Waals surface area contributed by atoms with Crippen LogP contribution < -0.4 is 5.73 Å². The number of hydrogen-bond donors (Lipinski definition) is 1. The minimum atomic E-state index is 0.00338. The van der Waals surface area contributed by atoms with Crippen molar-refractivity contribution < 1.29 is 4.42 Å². The van der Waals surface area contributed by atoms with Gasteiger partial charge in [-0.3, -0.25) is 0 Å². The van der Waals surface area contributed by atoms with E-state index in [1.807, 2.05) is 12.1 Å². The highest BCUT2D eigenvalue weighted by Gasteiger charge is 2.19. The summed E-state index contributed by atoms with van der Waals surface area (Å²) in [5, 5.41) is 0. The summed E-state index contributed by atoms with van der Waals surface area (Å²) >= 11 is 3.29. The van der Waals surface area contributed by atoms with Gasteiger partial charge < -0.3 is 10.2 Å². The van der Waals surface area contributed by atoms with Crippen LogP contribution in [0.4, 0.5) is 0 Å². The zero-order valence-electron chi connectivity index (χ0n) is 10.6. The highest BCUT2D eigenvalue weighted by atomic mass is 79.9. The maximum absolute atomic E-state index is 6.11. The second-order valence-electron chi connectivity index (χ2n) is 5.85. The van der Waals surface area contributed by atoms with Crippen molar-refractivity contribution in [1.82, 2.24) is 0 Å². The van der Waals surface area contributed by atoms with Gasteiger partial charge in [0.05, 0.1) is 6.04 Å². The topological polar surface area (TPSA) is 39.2 Å². The molecule has 1 rings (SSSR count). The van der Waals surface area contributed by atoms with Crippen LogP contribution in [-0.4, -0.2) is 0 Å². The Bertz CT molecular complexity index is 327. The minimum absolute atomic E-state index is 0.00338. The van der Waals surface area contributed by atoms with Crippen LogP contribution in [0, 0.1) is 11.3 Å². The van der Waals surface area contributed by atoms with E-state index in [9.17, 15) is 0 Å². The molecule has 0 saturated heterocycles. The Morgan fingerprint density at radius 1 is 1.38 bits per heavy atom. The molecule has 2 unspecified atom stereocenters. The van der Waals surface area contributed by atoms with E-state index in [0.717, 1.165) is 16.9 Å².